The van der Waals surface area contributed by atoms with Gasteiger partial charge in [-0.1, -0.05) is 19.9 Å². The summed E-state index contributed by atoms with van der Waals surface area (Å²) in [6.07, 6.45) is 3.46. The van der Waals surface area contributed by atoms with Crippen LogP contribution in [0.4, 0.5) is 0 Å². The summed E-state index contributed by atoms with van der Waals surface area (Å²) in [5.74, 6) is 2.41. The molecule has 2 rings (SSSR count). The second-order valence-corrected chi connectivity index (χ2v) is 7.75. The van der Waals surface area contributed by atoms with E-state index in [9.17, 15) is 4.79 Å². The SMILES string of the molecule is C=CCc1cc(CN=C(NCC)NC2CCN(C(=O)C(C)C)C2)cc(OC)c1OC.I. The Morgan fingerprint density at radius 2 is 2.10 bits per heavy atom. The van der Waals surface area contributed by atoms with E-state index in [0.29, 0.717) is 25.3 Å². The molecule has 0 radical (unpaired) electrons. The Hall–Kier alpha value is -1.97. The molecule has 174 valence electrons. The highest BCUT2D eigenvalue weighted by Gasteiger charge is 2.28. The molecule has 1 aliphatic rings. The number of rotatable bonds is 9. The van der Waals surface area contributed by atoms with Gasteiger partial charge in [-0.3, -0.25) is 4.79 Å². The van der Waals surface area contributed by atoms with Gasteiger partial charge in [0, 0.05) is 37.2 Å². The zero-order valence-corrected chi connectivity index (χ0v) is 21.7. The third-order valence-electron chi connectivity index (χ3n) is 5.08. The van der Waals surface area contributed by atoms with Gasteiger partial charge in [0.15, 0.2) is 17.5 Å². The fourth-order valence-electron chi connectivity index (χ4n) is 3.63. The smallest absolute Gasteiger partial charge is 0.225 e. The minimum Gasteiger partial charge on any atom is -0.493 e. The molecule has 1 heterocycles. The zero-order valence-electron chi connectivity index (χ0n) is 19.4. The van der Waals surface area contributed by atoms with Crippen LogP contribution in [0.25, 0.3) is 0 Å². The maximum atomic E-state index is 12.2. The van der Waals surface area contributed by atoms with Crippen LogP contribution in [0, 0.1) is 5.92 Å². The molecule has 1 atom stereocenters. The van der Waals surface area contributed by atoms with E-state index in [1.807, 2.05) is 37.8 Å². The first-order valence-electron chi connectivity index (χ1n) is 10.6. The molecular weight excluding hydrogens is 507 g/mol. The lowest BCUT2D eigenvalue weighted by molar-refractivity contribution is -0.133. The lowest BCUT2D eigenvalue weighted by Gasteiger charge is -2.20. The molecule has 0 saturated carbocycles. The Bertz CT molecular complexity index is 767. The van der Waals surface area contributed by atoms with Crippen LogP contribution in [-0.4, -0.2) is 56.7 Å². The van der Waals surface area contributed by atoms with E-state index in [4.69, 9.17) is 14.5 Å². The maximum Gasteiger partial charge on any atom is 0.225 e. The van der Waals surface area contributed by atoms with Crippen molar-refractivity contribution in [2.45, 2.75) is 46.2 Å². The molecule has 0 bridgehead atoms. The van der Waals surface area contributed by atoms with Gasteiger partial charge in [0.25, 0.3) is 0 Å². The largest absolute Gasteiger partial charge is 0.493 e. The highest BCUT2D eigenvalue weighted by atomic mass is 127. The number of aliphatic imine (C=N–C) groups is 1. The van der Waals surface area contributed by atoms with E-state index >= 15 is 0 Å². The number of carbonyl (C=O) groups excluding carboxylic acids is 1. The molecule has 1 aromatic rings. The number of benzene rings is 1. The molecule has 1 aromatic carbocycles. The maximum absolute atomic E-state index is 12.2. The highest BCUT2D eigenvalue weighted by Crippen LogP contribution is 2.33. The van der Waals surface area contributed by atoms with Crippen LogP contribution in [0.2, 0.25) is 0 Å². The summed E-state index contributed by atoms with van der Waals surface area (Å²) in [4.78, 5) is 18.9. The number of hydrogen-bond donors (Lipinski definition) is 2. The predicted octanol–water partition coefficient (Wildman–Crippen LogP) is 3.36. The molecule has 1 aliphatic heterocycles. The van der Waals surface area contributed by atoms with E-state index in [2.05, 4.69) is 23.3 Å². The fraction of sp³-hybridized carbons (Fsp3) is 0.565. The van der Waals surface area contributed by atoms with E-state index in [1.54, 1.807) is 14.2 Å². The summed E-state index contributed by atoms with van der Waals surface area (Å²) in [5.41, 5.74) is 2.05. The molecular formula is C23H37IN4O3. The first kappa shape index (κ1) is 27.1. The summed E-state index contributed by atoms with van der Waals surface area (Å²) >= 11 is 0. The van der Waals surface area contributed by atoms with Crippen LogP contribution in [0.3, 0.4) is 0 Å². The van der Waals surface area contributed by atoms with Crippen LogP contribution in [0.5, 0.6) is 11.5 Å². The number of allylic oxidation sites excluding steroid dienone is 1. The number of amides is 1. The van der Waals surface area contributed by atoms with Crippen molar-refractivity contribution in [2.75, 3.05) is 33.9 Å². The number of nitrogens with one attached hydrogen (secondary N) is 2. The molecule has 1 amide bonds. The van der Waals surface area contributed by atoms with Gasteiger partial charge in [-0.15, -0.1) is 30.6 Å². The normalized spacial score (nSPS) is 16.0. The summed E-state index contributed by atoms with van der Waals surface area (Å²) < 4.78 is 11.0. The third kappa shape index (κ3) is 7.59. The van der Waals surface area contributed by atoms with Gasteiger partial charge in [0.05, 0.1) is 20.8 Å². The molecule has 1 fully saturated rings. The Balaban J connectivity index is 0.00000480. The van der Waals surface area contributed by atoms with Crippen molar-refractivity contribution < 1.29 is 14.3 Å². The molecule has 31 heavy (non-hydrogen) atoms. The number of nitrogens with zero attached hydrogens (tertiary/aromatic N) is 2. The molecule has 1 unspecified atom stereocenters. The molecule has 1 saturated heterocycles. The number of methoxy groups -OCH3 is 2. The standard InChI is InChI=1S/C23H36N4O3.HI/c1-7-9-18-12-17(13-20(29-5)21(18)30-6)14-25-23(24-8-2)26-19-10-11-27(15-19)22(28)16(3)4;/h7,12-13,16,19H,1,8-11,14-15H2,2-6H3,(H2,24,25,26);1H. The van der Waals surface area contributed by atoms with Gasteiger partial charge in [-0.05, 0) is 37.5 Å². The Morgan fingerprint density at radius 1 is 1.35 bits per heavy atom. The van der Waals surface area contributed by atoms with Gasteiger partial charge in [-0.2, -0.15) is 0 Å². The van der Waals surface area contributed by atoms with Gasteiger partial charge < -0.3 is 25.0 Å². The predicted molar refractivity (Wildman–Crippen MR) is 137 cm³/mol. The minimum atomic E-state index is 0. The Kier molecular flexibility index (Phi) is 11.7. The van der Waals surface area contributed by atoms with Crippen molar-refractivity contribution in [3.63, 3.8) is 0 Å². The first-order chi connectivity index (χ1) is 14.4. The second-order valence-electron chi connectivity index (χ2n) is 7.75. The van der Waals surface area contributed by atoms with E-state index < -0.39 is 0 Å². The first-order valence-corrected chi connectivity index (χ1v) is 10.6. The molecule has 8 heteroatoms. The van der Waals surface area contributed by atoms with Gasteiger partial charge in [-0.25, -0.2) is 4.99 Å². The molecule has 0 aliphatic carbocycles. The van der Waals surface area contributed by atoms with Crippen LogP contribution in [-0.2, 0) is 17.8 Å². The Labute approximate surface area is 203 Å². The van der Waals surface area contributed by atoms with E-state index in [1.165, 1.54) is 0 Å². The summed E-state index contributed by atoms with van der Waals surface area (Å²) in [6.45, 7) is 12.5. The van der Waals surface area contributed by atoms with Crippen LogP contribution < -0.4 is 20.1 Å². The van der Waals surface area contributed by atoms with Crippen LogP contribution in [0.1, 0.15) is 38.3 Å². The van der Waals surface area contributed by atoms with Crippen molar-refractivity contribution in [3.05, 3.63) is 35.9 Å². The van der Waals surface area contributed by atoms with Crippen LogP contribution >= 0.6 is 24.0 Å². The highest BCUT2D eigenvalue weighted by molar-refractivity contribution is 14.0. The number of carbonyl (C=O) groups is 1. The van der Waals surface area contributed by atoms with Crippen LogP contribution in [0.15, 0.2) is 29.8 Å². The Morgan fingerprint density at radius 3 is 2.68 bits per heavy atom. The lowest BCUT2D eigenvalue weighted by atomic mass is 10.1. The minimum absolute atomic E-state index is 0. The fourth-order valence-corrected chi connectivity index (χ4v) is 3.63. The zero-order chi connectivity index (χ0) is 22.1. The quantitative estimate of drug-likeness (QED) is 0.216. The summed E-state index contributed by atoms with van der Waals surface area (Å²) in [7, 11) is 3.28. The van der Waals surface area contributed by atoms with E-state index in [0.717, 1.165) is 42.3 Å². The van der Waals surface area contributed by atoms with Crippen molar-refractivity contribution >= 4 is 35.8 Å². The molecule has 7 nitrogen and oxygen atoms in total. The average molecular weight is 544 g/mol. The third-order valence-corrected chi connectivity index (χ3v) is 5.08. The number of ether oxygens (including phenoxy) is 2. The van der Waals surface area contributed by atoms with Crippen molar-refractivity contribution in [2.24, 2.45) is 10.9 Å². The van der Waals surface area contributed by atoms with Crippen molar-refractivity contribution in [1.82, 2.24) is 15.5 Å². The van der Waals surface area contributed by atoms with Gasteiger partial charge in [0.2, 0.25) is 5.91 Å². The second kappa shape index (κ2) is 13.4. The molecule has 0 spiro atoms. The van der Waals surface area contributed by atoms with E-state index in [-0.39, 0.29) is 41.8 Å². The summed E-state index contributed by atoms with van der Waals surface area (Å²) in [6, 6.07) is 4.23. The number of guanidine groups is 1. The topological polar surface area (TPSA) is 75.2 Å². The number of hydrogen-bond acceptors (Lipinski definition) is 4. The van der Waals surface area contributed by atoms with Gasteiger partial charge >= 0.3 is 0 Å². The average Bonchev–Trinajstić information content (AvgIpc) is 3.19. The molecule has 0 aromatic heterocycles. The van der Waals surface area contributed by atoms with Crippen molar-refractivity contribution in [3.8, 4) is 11.5 Å². The number of likely N-dealkylation sites (tertiary alicyclic amines) is 1. The van der Waals surface area contributed by atoms with Crippen molar-refractivity contribution in [1.29, 1.82) is 0 Å². The van der Waals surface area contributed by atoms with Gasteiger partial charge in [0.1, 0.15) is 0 Å². The summed E-state index contributed by atoms with van der Waals surface area (Å²) in [5, 5.41) is 6.78. The molecule has 2 N–H and O–H groups in total. The monoisotopic (exact) mass is 544 g/mol. The number of halogens is 1. The lowest BCUT2D eigenvalue weighted by Crippen LogP contribution is -2.45.